The molecule has 0 unspecified atom stereocenters. The fourth-order valence-electron chi connectivity index (χ4n) is 2.36. The molecule has 0 spiro atoms. The van der Waals surface area contributed by atoms with Gasteiger partial charge in [0.1, 0.15) is 11.6 Å². The van der Waals surface area contributed by atoms with Crippen LogP contribution in [0.25, 0.3) is 0 Å². The van der Waals surface area contributed by atoms with Crippen LogP contribution >= 0.6 is 15.9 Å². The molecule has 0 aliphatic carbocycles. The number of nitrogens with zero attached hydrogens (tertiary/aromatic N) is 3. The highest BCUT2D eigenvalue weighted by Crippen LogP contribution is 2.33. The van der Waals surface area contributed by atoms with Gasteiger partial charge in [-0.2, -0.15) is 0 Å². The maximum absolute atomic E-state index is 13.7. The van der Waals surface area contributed by atoms with Crippen molar-refractivity contribution in [1.29, 1.82) is 0 Å². The van der Waals surface area contributed by atoms with Crippen LogP contribution in [0.2, 0.25) is 0 Å². The number of carbonyl (C=O) groups is 2. The molecule has 3 rings (SSSR count). The first kappa shape index (κ1) is 13.9. The molecular formula is C14H11BrFN3O2. The van der Waals surface area contributed by atoms with Gasteiger partial charge >= 0.3 is 0 Å². The molecule has 0 saturated heterocycles. The SMILES string of the molecule is Cn1ccnc1CCN1C(=O)C(=O)c2cc(Br)c(F)cc21. The van der Waals surface area contributed by atoms with Gasteiger partial charge < -0.3 is 9.47 Å². The lowest BCUT2D eigenvalue weighted by molar-refractivity contribution is -0.114. The number of aromatic nitrogens is 2. The fraction of sp³-hybridized carbons (Fsp3) is 0.214. The number of carbonyl (C=O) groups excluding carboxylic acids is 2. The van der Waals surface area contributed by atoms with Crippen molar-refractivity contribution in [3.63, 3.8) is 0 Å². The lowest BCUT2D eigenvalue weighted by atomic mass is 10.1. The van der Waals surface area contributed by atoms with E-state index < -0.39 is 17.5 Å². The highest BCUT2D eigenvalue weighted by molar-refractivity contribution is 9.10. The second-order valence-electron chi connectivity index (χ2n) is 4.77. The smallest absolute Gasteiger partial charge is 0.299 e. The summed E-state index contributed by atoms with van der Waals surface area (Å²) >= 11 is 3.03. The Hall–Kier alpha value is -2.02. The maximum Gasteiger partial charge on any atom is 0.299 e. The van der Waals surface area contributed by atoms with Gasteiger partial charge in [0.15, 0.2) is 0 Å². The molecule has 108 valence electrons. The summed E-state index contributed by atoms with van der Waals surface area (Å²) in [5.41, 5.74) is 0.549. The van der Waals surface area contributed by atoms with Gasteiger partial charge in [0.25, 0.3) is 11.7 Å². The molecule has 0 bridgehead atoms. The van der Waals surface area contributed by atoms with Gasteiger partial charge in [-0.25, -0.2) is 9.37 Å². The summed E-state index contributed by atoms with van der Waals surface area (Å²) in [5.74, 6) is -0.943. The Morgan fingerprint density at radius 2 is 2.10 bits per heavy atom. The molecule has 0 N–H and O–H groups in total. The Bertz CT molecular complexity index is 757. The van der Waals surface area contributed by atoms with E-state index in [0.717, 1.165) is 5.82 Å². The van der Waals surface area contributed by atoms with E-state index in [0.29, 0.717) is 12.1 Å². The van der Waals surface area contributed by atoms with Gasteiger partial charge in [0.2, 0.25) is 0 Å². The first-order chi connectivity index (χ1) is 9.99. The standard InChI is InChI=1S/C14H11BrFN3O2/c1-18-5-3-17-12(18)2-4-19-11-7-10(16)9(15)6-8(11)13(20)14(19)21/h3,5-7H,2,4H2,1H3. The third kappa shape index (κ3) is 2.27. The van der Waals surface area contributed by atoms with E-state index in [1.165, 1.54) is 17.0 Å². The van der Waals surface area contributed by atoms with Gasteiger partial charge in [-0.15, -0.1) is 0 Å². The second kappa shape index (κ2) is 5.07. The molecule has 5 nitrogen and oxygen atoms in total. The summed E-state index contributed by atoms with van der Waals surface area (Å²) in [6, 6.07) is 2.56. The lowest BCUT2D eigenvalue weighted by Gasteiger charge is -2.16. The molecule has 1 aliphatic rings. The number of halogens is 2. The number of amides is 1. The monoisotopic (exact) mass is 351 g/mol. The quantitative estimate of drug-likeness (QED) is 0.795. The maximum atomic E-state index is 13.7. The van der Waals surface area contributed by atoms with Crippen molar-refractivity contribution in [2.75, 3.05) is 11.4 Å². The van der Waals surface area contributed by atoms with Crippen molar-refractivity contribution in [3.05, 3.63) is 46.2 Å². The molecule has 2 aromatic rings. The molecule has 1 aliphatic heterocycles. The summed E-state index contributed by atoms with van der Waals surface area (Å²) in [4.78, 5) is 29.5. The van der Waals surface area contributed by atoms with Crippen molar-refractivity contribution < 1.29 is 14.0 Å². The summed E-state index contributed by atoms with van der Waals surface area (Å²) in [6.45, 7) is 0.281. The lowest BCUT2D eigenvalue weighted by Crippen LogP contribution is -2.32. The molecule has 1 aromatic carbocycles. The average Bonchev–Trinajstić information content (AvgIpc) is 2.95. The zero-order valence-electron chi connectivity index (χ0n) is 11.1. The summed E-state index contributed by atoms with van der Waals surface area (Å²) in [6.07, 6.45) is 3.95. The van der Waals surface area contributed by atoms with Gasteiger partial charge in [-0.3, -0.25) is 9.59 Å². The van der Waals surface area contributed by atoms with Crippen LogP contribution in [0, 0.1) is 5.82 Å². The van der Waals surface area contributed by atoms with Crippen LogP contribution in [0.4, 0.5) is 10.1 Å². The van der Waals surface area contributed by atoms with Crippen molar-refractivity contribution in [2.45, 2.75) is 6.42 Å². The minimum Gasteiger partial charge on any atom is -0.338 e. The van der Waals surface area contributed by atoms with Gasteiger partial charge in [-0.05, 0) is 28.1 Å². The number of aryl methyl sites for hydroxylation is 1. The number of imidazole rings is 1. The third-order valence-corrected chi connectivity index (χ3v) is 4.10. The molecule has 0 radical (unpaired) electrons. The zero-order chi connectivity index (χ0) is 15.1. The van der Waals surface area contributed by atoms with E-state index >= 15 is 0 Å². The van der Waals surface area contributed by atoms with E-state index in [9.17, 15) is 14.0 Å². The van der Waals surface area contributed by atoms with Crippen molar-refractivity contribution >= 4 is 33.3 Å². The van der Waals surface area contributed by atoms with Crippen LogP contribution in [0.15, 0.2) is 29.0 Å². The Kier molecular flexibility index (Phi) is 3.36. The number of benzene rings is 1. The van der Waals surface area contributed by atoms with E-state index in [4.69, 9.17) is 0 Å². The van der Waals surface area contributed by atoms with Crippen molar-refractivity contribution in [3.8, 4) is 0 Å². The largest absolute Gasteiger partial charge is 0.338 e. The summed E-state index contributed by atoms with van der Waals surface area (Å²) < 4.78 is 15.7. The number of Topliss-reactive ketones (excluding diaryl/α,β-unsaturated/α-hetero) is 1. The van der Waals surface area contributed by atoms with E-state index in [-0.39, 0.29) is 16.6 Å². The molecule has 0 saturated carbocycles. The normalized spacial score (nSPS) is 14.0. The minimum atomic E-state index is -0.628. The number of rotatable bonds is 3. The molecule has 1 aromatic heterocycles. The Morgan fingerprint density at radius 3 is 2.76 bits per heavy atom. The number of anilines is 1. The number of fused-ring (bicyclic) bond motifs is 1. The number of hydrogen-bond acceptors (Lipinski definition) is 3. The highest BCUT2D eigenvalue weighted by Gasteiger charge is 2.36. The number of ketones is 1. The number of hydrogen-bond donors (Lipinski definition) is 0. The first-order valence-corrected chi connectivity index (χ1v) is 7.10. The van der Waals surface area contributed by atoms with E-state index in [1.54, 1.807) is 12.4 Å². The fourth-order valence-corrected chi connectivity index (χ4v) is 2.70. The molecule has 7 heteroatoms. The molecule has 0 fully saturated rings. The predicted octanol–water partition coefficient (Wildman–Crippen LogP) is 2.09. The predicted molar refractivity (Wildman–Crippen MR) is 77.7 cm³/mol. The molecule has 2 heterocycles. The van der Waals surface area contributed by atoms with E-state index in [2.05, 4.69) is 20.9 Å². The van der Waals surface area contributed by atoms with Gasteiger partial charge in [-0.1, -0.05) is 0 Å². The molecule has 0 atom stereocenters. The zero-order valence-corrected chi connectivity index (χ0v) is 12.7. The first-order valence-electron chi connectivity index (χ1n) is 6.30. The second-order valence-corrected chi connectivity index (χ2v) is 5.63. The minimum absolute atomic E-state index is 0.174. The summed E-state index contributed by atoms with van der Waals surface area (Å²) in [7, 11) is 1.85. The Labute approximate surface area is 128 Å². The van der Waals surface area contributed by atoms with Crippen molar-refractivity contribution in [2.24, 2.45) is 7.05 Å². The van der Waals surface area contributed by atoms with Crippen LogP contribution in [0.1, 0.15) is 16.2 Å². The topological polar surface area (TPSA) is 55.2 Å². The van der Waals surface area contributed by atoms with E-state index in [1.807, 2.05) is 11.6 Å². The van der Waals surface area contributed by atoms with Crippen LogP contribution in [-0.2, 0) is 18.3 Å². The Balaban J connectivity index is 1.90. The third-order valence-electron chi connectivity index (χ3n) is 3.49. The van der Waals surface area contributed by atoms with Crippen molar-refractivity contribution in [1.82, 2.24) is 9.55 Å². The molecular weight excluding hydrogens is 341 g/mol. The summed E-state index contributed by atoms with van der Waals surface area (Å²) in [5, 5.41) is 0. The van der Waals surface area contributed by atoms with Crippen LogP contribution in [-0.4, -0.2) is 27.8 Å². The molecule has 21 heavy (non-hydrogen) atoms. The van der Waals surface area contributed by atoms with Gasteiger partial charge in [0.05, 0.1) is 15.7 Å². The van der Waals surface area contributed by atoms with Crippen LogP contribution in [0.3, 0.4) is 0 Å². The highest BCUT2D eigenvalue weighted by atomic mass is 79.9. The Morgan fingerprint density at radius 1 is 1.33 bits per heavy atom. The van der Waals surface area contributed by atoms with Gasteiger partial charge in [0, 0.05) is 32.4 Å². The molecule has 1 amide bonds. The van der Waals surface area contributed by atoms with Crippen LogP contribution < -0.4 is 4.90 Å². The average molecular weight is 352 g/mol. The van der Waals surface area contributed by atoms with Crippen LogP contribution in [0.5, 0.6) is 0 Å².